The molecule has 2 rings (SSSR count). The molecule has 1 N–H and O–H groups in total. The summed E-state index contributed by atoms with van der Waals surface area (Å²) in [6.45, 7) is -0.452. The van der Waals surface area contributed by atoms with Crippen molar-refractivity contribution in [3.8, 4) is 0 Å². The quantitative estimate of drug-likeness (QED) is 0.615. The van der Waals surface area contributed by atoms with Gasteiger partial charge in [-0.1, -0.05) is 24.3 Å². The van der Waals surface area contributed by atoms with E-state index in [0.29, 0.717) is 10.6 Å². The number of ether oxygens (including phenoxy) is 1. The van der Waals surface area contributed by atoms with Crippen LogP contribution in [0.1, 0.15) is 16.1 Å². The van der Waals surface area contributed by atoms with Gasteiger partial charge in [-0.3, -0.25) is 19.7 Å². The summed E-state index contributed by atoms with van der Waals surface area (Å²) >= 11 is 2.77. The van der Waals surface area contributed by atoms with Crippen LogP contribution >= 0.6 is 23.1 Å². The van der Waals surface area contributed by atoms with Crippen LogP contribution in [0.4, 0.5) is 0 Å². The molecule has 23 heavy (non-hydrogen) atoms. The van der Waals surface area contributed by atoms with Gasteiger partial charge in [0.05, 0.1) is 11.3 Å². The molecule has 0 aliphatic carbocycles. The zero-order valence-electron chi connectivity index (χ0n) is 12.2. The third-order valence-electron chi connectivity index (χ3n) is 2.68. The fourth-order valence-corrected chi connectivity index (χ4v) is 3.09. The van der Waals surface area contributed by atoms with Crippen LogP contribution in [0, 0.1) is 0 Å². The Balaban J connectivity index is 1.62. The standard InChI is InChI=1S/C16H15NO4S2/c18-14(17-16(20)13-7-4-9-23-13)11-21-15(19)8-10-22-12-5-2-1-3-6-12/h1-7,9H,8,10-11H2,(H,17,18,20). The van der Waals surface area contributed by atoms with Crippen molar-refractivity contribution in [3.05, 3.63) is 52.7 Å². The average Bonchev–Trinajstić information content (AvgIpc) is 3.08. The highest BCUT2D eigenvalue weighted by Crippen LogP contribution is 2.17. The summed E-state index contributed by atoms with van der Waals surface area (Å²) in [6.07, 6.45) is 0.200. The van der Waals surface area contributed by atoms with Crippen molar-refractivity contribution in [2.24, 2.45) is 0 Å². The number of amides is 2. The molecule has 1 aromatic heterocycles. The molecule has 0 aliphatic rings. The van der Waals surface area contributed by atoms with E-state index in [-0.39, 0.29) is 6.42 Å². The topological polar surface area (TPSA) is 72.5 Å². The summed E-state index contributed by atoms with van der Waals surface area (Å²) in [7, 11) is 0. The van der Waals surface area contributed by atoms with Gasteiger partial charge in [0.25, 0.3) is 11.8 Å². The van der Waals surface area contributed by atoms with Crippen LogP contribution in [0.2, 0.25) is 0 Å². The molecule has 0 saturated heterocycles. The fourth-order valence-electron chi connectivity index (χ4n) is 1.62. The summed E-state index contributed by atoms with van der Waals surface area (Å²) in [4.78, 5) is 36.2. The Bertz CT molecular complexity index is 656. The highest BCUT2D eigenvalue weighted by atomic mass is 32.2. The highest BCUT2D eigenvalue weighted by molar-refractivity contribution is 7.99. The Morgan fingerprint density at radius 1 is 1.09 bits per heavy atom. The normalized spacial score (nSPS) is 10.1. The summed E-state index contributed by atoms with van der Waals surface area (Å²) < 4.78 is 4.85. The van der Waals surface area contributed by atoms with E-state index in [2.05, 4.69) is 5.32 Å². The van der Waals surface area contributed by atoms with Gasteiger partial charge in [0.15, 0.2) is 6.61 Å². The van der Waals surface area contributed by atoms with Crippen molar-refractivity contribution in [1.82, 2.24) is 5.32 Å². The lowest BCUT2D eigenvalue weighted by atomic mass is 10.4. The molecule has 7 heteroatoms. The number of esters is 1. The summed E-state index contributed by atoms with van der Waals surface area (Å²) in [5.74, 6) is -1.02. The summed E-state index contributed by atoms with van der Waals surface area (Å²) in [6, 6.07) is 13.0. The predicted molar refractivity (Wildman–Crippen MR) is 89.5 cm³/mol. The van der Waals surface area contributed by atoms with Crippen LogP contribution in [0.5, 0.6) is 0 Å². The van der Waals surface area contributed by atoms with Crippen LogP contribution in [0.3, 0.4) is 0 Å². The Kier molecular flexibility index (Phi) is 6.83. The van der Waals surface area contributed by atoms with Crippen molar-refractivity contribution in [3.63, 3.8) is 0 Å². The van der Waals surface area contributed by atoms with Gasteiger partial charge in [-0.15, -0.1) is 23.1 Å². The minimum Gasteiger partial charge on any atom is -0.456 e. The molecule has 5 nitrogen and oxygen atoms in total. The molecule has 0 saturated carbocycles. The molecule has 0 aliphatic heterocycles. The zero-order valence-corrected chi connectivity index (χ0v) is 13.8. The average molecular weight is 349 g/mol. The first-order valence-electron chi connectivity index (χ1n) is 6.86. The SMILES string of the molecule is O=C(COC(=O)CCSc1ccccc1)NC(=O)c1cccs1. The second-order valence-electron chi connectivity index (χ2n) is 4.43. The number of rotatable bonds is 7. The zero-order chi connectivity index (χ0) is 16.5. The molecule has 2 aromatic rings. The lowest BCUT2D eigenvalue weighted by Crippen LogP contribution is -2.33. The Morgan fingerprint density at radius 3 is 2.57 bits per heavy atom. The van der Waals surface area contributed by atoms with Gasteiger partial charge in [-0.05, 0) is 23.6 Å². The third-order valence-corrected chi connectivity index (χ3v) is 4.56. The minimum absolute atomic E-state index is 0.200. The van der Waals surface area contributed by atoms with Gasteiger partial charge < -0.3 is 4.74 Å². The van der Waals surface area contributed by atoms with E-state index >= 15 is 0 Å². The van der Waals surface area contributed by atoms with Crippen molar-refractivity contribution in [1.29, 1.82) is 0 Å². The van der Waals surface area contributed by atoms with Gasteiger partial charge >= 0.3 is 5.97 Å². The van der Waals surface area contributed by atoms with Crippen molar-refractivity contribution in [2.75, 3.05) is 12.4 Å². The number of carbonyl (C=O) groups is 3. The van der Waals surface area contributed by atoms with Crippen LogP contribution in [-0.4, -0.2) is 30.1 Å². The molecule has 1 heterocycles. The molecule has 0 fully saturated rings. The predicted octanol–water partition coefficient (Wildman–Crippen LogP) is 2.73. The van der Waals surface area contributed by atoms with Gasteiger partial charge in [-0.25, -0.2) is 0 Å². The third kappa shape index (κ3) is 6.25. The Labute approximate surface area is 142 Å². The smallest absolute Gasteiger partial charge is 0.307 e. The number of benzene rings is 1. The van der Waals surface area contributed by atoms with Crippen LogP contribution in [-0.2, 0) is 14.3 Å². The van der Waals surface area contributed by atoms with E-state index in [1.54, 1.807) is 17.5 Å². The van der Waals surface area contributed by atoms with Gasteiger partial charge in [-0.2, -0.15) is 0 Å². The molecule has 0 unspecified atom stereocenters. The molecular weight excluding hydrogens is 334 g/mol. The maximum atomic E-state index is 11.6. The van der Waals surface area contributed by atoms with E-state index in [1.165, 1.54) is 23.1 Å². The fraction of sp³-hybridized carbons (Fsp3) is 0.188. The first-order chi connectivity index (χ1) is 11.1. The lowest BCUT2D eigenvalue weighted by Gasteiger charge is -2.05. The number of carbonyl (C=O) groups excluding carboxylic acids is 3. The van der Waals surface area contributed by atoms with Crippen molar-refractivity contribution in [2.45, 2.75) is 11.3 Å². The van der Waals surface area contributed by atoms with E-state index in [1.807, 2.05) is 30.3 Å². The van der Waals surface area contributed by atoms with Gasteiger partial charge in [0.2, 0.25) is 0 Å². The monoisotopic (exact) mass is 349 g/mol. The maximum Gasteiger partial charge on any atom is 0.307 e. The highest BCUT2D eigenvalue weighted by Gasteiger charge is 2.13. The Morgan fingerprint density at radius 2 is 1.87 bits per heavy atom. The largest absolute Gasteiger partial charge is 0.456 e. The molecule has 0 spiro atoms. The maximum absolute atomic E-state index is 11.6. The van der Waals surface area contributed by atoms with E-state index < -0.39 is 24.4 Å². The molecule has 120 valence electrons. The van der Waals surface area contributed by atoms with Crippen molar-refractivity contribution >= 4 is 40.9 Å². The molecule has 0 atom stereocenters. The Hall–Kier alpha value is -2.12. The molecule has 2 amide bonds. The van der Waals surface area contributed by atoms with Gasteiger partial charge in [0.1, 0.15) is 0 Å². The molecular formula is C16H15NO4S2. The number of hydrogen-bond acceptors (Lipinski definition) is 6. The molecule has 0 bridgehead atoms. The minimum atomic E-state index is -0.632. The number of thiophene rings is 1. The molecule has 1 aromatic carbocycles. The van der Waals surface area contributed by atoms with Crippen LogP contribution in [0.15, 0.2) is 52.7 Å². The molecule has 0 radical (unpaired) electrons. The number of thioether (sulfide) groups is 1. The van der Waals surface area contributed by atoms with Gasteiger partial charge in [0, 0.05) is 10.6 Å². The number of imide groups is 1. The van der Waals surface area contributed by atoms with Crippen LogP contribution in [0.25, 0.3) is 0 Å². The first-order valence-corrected chi connectivity index (χ1v) is 8.73. The van der Waals surface area contributed by atoms with Crippen LogP contribution < -0.4 is 5.32 Å². The first kappa shape index (κ1) is 17.2. The number of nitrogens with one attached hydrogen (secondary N) is 1. The second-order valence-corrected chi connectivity index (χ2v) is 6.54. The summed E-state index contributed by atoms with van der Waals surface area (Å²) in [5.41, 5.74) is 0. The lowest BCUT2D eigenvalue weighted by molar-refractivity contribution is -0.147. The second kappa shape index (κ2) is 9.12. The summed E-state index contributed by atoms with van der Waals surface area (Å²) in [5, 5.41) is 3.91. The number of hydrogen-bond donors (Lipinski definition) is 1. The van der Waals surface area contributed by atoms with E-state index in [0.717, 1.165) is 4.90 Å². The van der Waals surface area contributed by atoms with E-state index in [9.17, 15) is 14.4 Å². The van der Waals surface area contributed by atoms with E-state index in [4.69, 9.17) is 4.74 Å². The van der Waals surface area contributed by atoms with Crippen molar-refractivity contribution < 1.29 is 19.1 Å².